The van der Waals surface area contributed by atoms with Gasteiger partial charge in [-0.05, 0) is 23.6 Å². The van der Waals surface area contributed by atoms with Crippen molar-refractivity contribution in [2.75, 3.05) is 12.3 Å². The van der Waals surface area contributed by atoms with E-state index in [4.69, 9.17) is 0 Å². The lowest BCUT2D eigenvalue weighted by Gasteiger charge is -2.28. The molecule has 2 aromatic carbocycles. The highest BCUT2D eigenvalue weighted by molar-refractivity contribution is 7.99. The molecule has 0 radical (unpaired) electrons. The average molecular weight is 404 g/mol. The van der Waals surface area contributed by atoms with Crippen molar-refractivity contribution in [3.05, 3.63) is 65.9 Å². The van der Waals surface area contributed by atoms with Gasteiger partial charge in [0.25, 0.3) is 0 Å². The van der Waals surface area contributed by atoms with Crippen LogP contribution in [0.25, 0.3) is 22.3 Å². The van der Waals surface area contributed by atoms with Crippen molar-refractivity contribution in [1.29, 1.82) is 0 Å². The summed E-state index contributed by atoms with van der Waals surface area (Å²) in [6.45, 7) is 1.46. The largest absolute Gasteiger partial charge is 0.360 e. The van der Waals surface area contributed by atoms with Crippen LogP contribution in [0.3, 0.4) is 0 Å². The lowest BCUT2D eigenvalue weighted by Crippen LogP contribution is -2.37. The number of fused-ring (bicyclic) bond motifs is 2. The highest BCUT2D eigenvalue weighted by atomic mass is 32.2. The molecule has 0 fully saturated rings. The zero-order chi connectivity index (χ0) is 19.8. The summed E-state index contributed by atoms with van der Waals surface area (Å²) in [4.78, 5) is 18.0. The molecule has 29 heavy (non-hydrogen) atoms. The monoisotopic (exact) mass is 403 g/mol. The normalized spacial score (nSPS) is 13.6. The summed E-state index contributed by atoms with van der Waals surface area (Å²) >= 11 is 1.44. The van der Waals surface area contributed by atoms with Gasteiger partial charge in [-0.2, -0.15) is 0 Å². The minimum atomic E-state index is 0.140. The fourth-order valence-corrected chi connectivity index (χ4v) is 4.67. The molecule has 1 N–H and O–H groups in total. The van der Waals surface area contributed by atoms with Gasteiger partial charge in [-0.1, -0.05) is 54.2 Å². The number of aromatic nitrogens is 4. The molecule has 0 spiro atoms. The Kier molecular flexibility index (Phi) is 4.60. The number of benzene rings is 2. The molecule has 0 aliphatic carbocycles. The van der Waals surface area contributed by atoms with Crippen LogP contribution < -0.4 is 0 Å². The Morgan fingerprint density at radius 1 is 1.10 bits per heavy atom. The number of nitrogens with one attached hydrogen (secondary N) is 1. The molecule has 6 nitrogen and oxygen atoms in total. The molecule has 1 aliphatic rings. The predicted octanol–water partition coefficient (Wildman–Crippen LogP) is 3.64. The molecule has 2 aromatic heterocycles. The number of hydrogen-bond donors (Lipinski definition) is 1. The van der Waals surface area contributed by atoms with Crippen molar-refractivity contribution < 1.29 is 4.79 Å². The topological polar surface area (TPSA) is 66.8 Å². The Morgan fingerprint density at radius 2 is 1.90 bits per heavy atom. The number of carbonyl (C=O) groups is 1. The Bertz CT molecular complexity index is 1190. The molecular formula is C22H21N5OS. The summed E-state index contributed by atoms with van der Waals surface area (Å²) in [5.41, 5.74) is 4.68. The molecular weight excluding hydrogens is 382 g/mol. The van der Waals surface area contributed by atoms with Crippen LogP contribution in [0.15, 0.2) is 59.9 Å². The SMILES string of the molecule is Cn1c(SCC(=O)N2CCc3ccccc3C2)nnc1-c1c[nH]c2ccccc12. The molecule has 4 aromatic rings. The van der Waals surface area contributed by atoms with Crippen LogP contribution >= 0.6 is 11.8 Å². The van der Waals surface area contributed by atoms with E-state index in [2.05, 4.69) is 39.4 Å². The van der Waals surface area contributed by atoms with Gasteiger partial charge < -0.3 is 14.5 Å². The molecule has 1 amide bonds. The van der Waals surface area contributed by atoms with E-state index in [0.717, 1.165) is 40.4 Å². The number of amides is 1. The summed E-state index contributed by atoms with van der Waals surface area (Å²) in [6, 6.07) is 16.5. The van der Waals surface area contributed by atoms with E-state index in [1.807, 2.05) is 47.0 Å². The maximum absolute atomic E-state index is 12.7. The van der Waals surface area contributed by atoms with E-state index >= 15 is 0 Å². The second kappa shape index (κ2) is 7.40. The number of H-pyrrole nitrogens is 1. The van der Waals surface area contributed by atoms with Crippen LogP contribution in [-0.2, 0) is 24.8 Å². The second-order valence-corrected chi connectivity index (χ2v) is 8.18. The summed E-state index contributed by atoms with van der Waals surface area (Å²) < 4.78 is 1.96. The van der Waals surface area contributed by atoms with Gasteiger partial charge in [-0.3, -0.25) is 4.79 Å². The quantitative estimate of drug-likeness (QED) is 0.528. The number of aromatic amines is 1. The van der Waals surface area contributed by atoms with Gasteiger partial charge in [-0.25, -0.2) is 0 Å². The highest BCUT2D eigenvalue weighted by Crippen LogP contribution is 2.29. The van der Waals surface area contributed by atoms with Crippen molar-refractivity contribution in [2.24, 2.45) is 7.05 Å². The molecule has 0 unspecified atom stereocenters. The molecule has 1 aliphatic heterocycles. The number of para-hydroxylation sites is 1. The van der Waals surface area contributed by atoms with Gasteiger partial charge in [0, 0.05) is 42.8 Å². The lowest BCUT2D eigenvalue weighted by atomic mass is 10.00. The van der Waals surface area contributed by atoms with E-state index in [-0.39, 0.29) is 5.91 Å². The first-order valence-corrected chi connectivity index (χ1v) is 10.6. The molecule has 146 valence electrons. The number of thioether (sulfide) groups is 1. The minimum Gasteiger partial charge on any atom is -0.360 e. The first kappa shape index (κ1) is 18.0. The van der Waals surface area contributed by atoms with E-state index < -0.39 is 0 Å². The van der Waals surface area contributed by atoms with Crippen molar-refractivity contribution >= 4 is 28.6 Å². The van der Waals surface area contributed by atoms with E-state index in [1.54, 1.807) is 0 Å². The van der Waals surface area contributed by atoms with Gasteiger partial charge in [0.15, 0.2) is 11.0 Å². The maximum Gasteiger partial charge on any atom is 0.233 e. The summed E-state index contributed by atoms with van der Waals surface area (Å²) in [5.74, 6) is 1.30. The molecule has 3 heterocycles. The fraction of sp³-hybridized carbons (Fsp3) is 0.227. The molecule has 0 saturated carbocycles. The third kappa shape index (κ3) is 3.31. The number of nitrogens with zero attached hydrogens (tertiary/aromatic N) is 4. The van der Waals surface area contributed by atoms with Crippen molar-refractivity contribution in [3.8, 4) is 11.4 Å². The Labute approximate surface area is 172 Å². The Morgan fingerprint density at radius 3 is 2.79 bits per heavy atom. The number of rotatable bonds is 4. The molecule has 5 rings (SSSR count). The van der Waals surface area contributed by atoms with Crippen LogP contribution in [0.4, 0.5) is 0 Å². The summed E-state index contributed by atoms with van der Waals surface area (Å²) in [7, 11) is 1.95. The van der Waals surface area contributed by atoms with Crippen LogP contribution in [0.2, 0.25) is 0 Å². The number of hydrogen-bond acceptors (Lipinski definition) is 4. The first-order valence-electron chi connectivity index (χ1n) is 9.64. The zero-order valence-corrected chi connectivity index (χ0v) is 16.9. The predicted molar refractivity (Wildman–Crippen MR) is 115 cm³/mol. The van der Waals surface area contributed by atoms with E-state index in [1.165, 1.54) is 22.9 Å². The van der Waals surface area contributed by atoms with Crippen molar-refractivity contribution in [1.82, 2.24) is 24.6 Å². The maximum atomic E-state index is 12.7. The van der Waals surface area contributed by atoms with Gasteiger partial charge in [0.05, 0.1) is 5.75 Å². The van der Waals surface area contributed by atoms with Crippen LogP contribution in [0.1, 0.15) is 11.1 Å². The summed E-state index contributed by atoms with van der Waals surface area (Å²) in [6.07, 6.45) is 2.88. The fourth-order valence-electron chi connectivity index (χ4n) is 3.86. The zero-order valence-electron chi connectivity index (χ0n) is 16.1. The van der Waals surface area contributed by atoms with Gasteiger partial charge in [-0.15, -0.1) is 10.2 Å². The van der Waals surface area contributed by atoms with Crippen LogP contribution in [0.5, 0.6) is 0 Å². The van der Waals surface area contributed by atoms with Crippen LogP contribution in [0, 0.1) is 0 Å². The smallest absolute Gasteiger partial charge is 0.233 e. The summed E-state index contributed by atoms with van der Waals surface area (Å²) in [5, 5.41) is 10.6. The lowest BCUT2D eigenvalue weighted by molar-refractivity contribution is -0.129. The van der Waals surface area contributed by atoms with E-state index in [0.29, 0.717) is 12.3 Å². The van der Waals surface area contributed by atoms with Crippen molar-refractivity contribution in [3.63, 3.8) is 0 Å². The Balaban J connectivity index is 1.29. The van der Waals surface area contributed by atoms with Gasteiger partial charge >= 0.3 is 0 Å². The standard InChI is InChI=1S/C22H21N5OS/c1-26-21(18-12-23-19-9-5-4-8-17(18)19)24-25-22(26)29-14-20(28)27-11-10-15-6-2-3-7-16(15)13-27/h2-9,12,23H,10-11,13-14H2,1H3. The average Bonchev–Trinajstić information content (AvgIpc) is 3.34. The number of carbonyl (C=O) groups excluding carboxylic acids is 1. The molecule has 0 saturated heterocycles. The molecule has 0 atom stereocenters. The van der Waals surface area contributed by atoms with E-state index in [9.17, 15) is 4.79 Å². The Hall–Kier alpha value is -3.06. The molecule has 0 bridgehead atoms. The second-order valence-electron chi connectivity index (χ2n) is 7.24. The molecule has 7 heteroatoms. The minimum absolute atomic E-state index is 0.140. The van der Waals surface area contributed by atoms with Crippen LogP contribution in [-0.4, -0.2) is 42.9 Å². The van der Waals surface area contributed by atoms with Crippen molar-refractivity contribution in [2.45, 2.75) is 18.1 Å². The van der Waals surface area contributed by atoms with Gasteiger partial charge in [0.1, 0.15) is 0 Å². The third-order valence-electron chi connectivity index (χ3n) is 5.47. The first-order chi connectivity index (χ1) is 14.2. The highest BCUT2D eigenvalue weighted by Gasteiger charge is 2.22. The third-order valence-corrected chi connectivity index (χ3v) is 6.48. The van der Waals surface area contributed by atoms with Gasteiger partial charge in [0.2, 0.25) is 5.91 Å².